The molecule has 0 aromatic heterocycles. The summed E-state index contributed by atoms with van der Waals surface area (Å²) >= 11 is 0. The smallest absolute Gasteiger partial charge is 0.204 e. The molecule has 2 heteroatoms. The van der Waals surface area contributed by atoms with Crippen molar-refractivity contribution in [1.82, 2.24) is 0 Å². The predicted octanol–water partition coefficient (Wildman–Crippen LogP) is 1.30. The maximum Gasteiger partial charge on any atom is 0.204 e. The summed E-state index contributed by atoms with van der Waals surface area (Å²) in [6.07, 6.45) is 6.19. The van der Waals surface area contributed by atoms with E-state index in [1.165, 1.54) is 25.7 Å². The highest BCUT2D eigenvalue weighted by molar-refractivity contribution is 5.42. The number of rotatable bonds is 1. The standard InChI is InChI=1S/C6H12.CH3NO/c1-2-6-4-3-5-6;2-1-3/h6H,2-5H2,1H3;1H,(H2,2,3). The van der Waals surface area contributed by atoms with Crippen LogP contribution in [0.3, 0.4) is 0 Å². The summed E-state index contributed by atoms with van der Waals surface area (Å²) in [5, 5.41) is 0. The van der Waals surface area contributed by atoms with Crippen molar-refractivity contribution in [3.8, 4) is 0 Å². The topological polar surface area (TPSA) is 43.1 Å². The van der Waals surface area contributed by atoms with E-state index in [9.17, 15) is 0 Å². The summed E-state index contributed by atoms with van der Waals surface area (Å²) in [5.41, 5.74) is 4.17. The van der Waals surface area contributed by atoms with Gasteiger partial charge < -0.3 is 5.73 Å². The largest absolute Gasteiger partial charge is 0.372 e. The minimum Gasteiger partial charge on any atom is -0.372 e. The maximum absolute atomic E-state index is 8.58. The molecular weight excluding hydrogens is 114 g/mol. The molecule has 54 valence electrons. The fourth-order valence-electron chi connectivity index (χ4n) is 0.901. The molecule has 1 aliphatic carbocycles. The summed E-state index contributed by atoms with van der Waals surface area (Å²) in [6, 6.07) is 0. The van der Waals surface area contributed by atoms with E-state index in [1.54, 1.807) is 0 Å². The van der Waals surface area contributed by atoms with E-state index in [1.807, 2.05) is 0 Å². The van der Waals surface area contributed by atoms with E-state index in [-0.39, 0.29) is 6.41 Å². The lowest BCUT2D eigenvalue weighted by molar-refractivity contribution is -0.106. The molecule has 0 unspecified atom stereocenters. The molecule has 0 aromatic rings. The Morgan fingerprint density at radius 2 is 2.11 bits per heavy atom. The number of amides is 1. The first-order valence-corrected chi connectivity index (χ1v) is 3.50. The molecule has 0 spiro atoms. The summed E-state index contributed by atoms with van der Waals surface area (Å²) < 4.78 is 0. The number of primary amides is 1. The fourth-order valence-corrected chi connectivity index (χ4v) is 0.901. The number of hydrogen-bond acceptors (Lipinski definition) is 1. The Kier molecular flexibility index (Phi) is 5.27. The average molecular weight is 129 g/mol. The molecule has 1 rings (SSSR count). The highest BCUT2D eigenvalue weighted by Crippen LogP contribution is 2.28. The quantitative estimate of drug-likeness (QED) is 0.533. The molecule has 0 bridgehead atoms. The van der Waals surface area contributed by atoms with Crippen LogP contribution in [0.2, 0.25) is 0 Å². The fraction of sp³-hybridized carbons (Fsp3) is 0.857. The molecule has 0 aromatic carbocycles. The van der Waals surface area contributed by atoms with Crippen LogP contribution in [0.25, 0.3) is 0 Å². The Bertz CT molecular complexity index is 66.6. The van der Waals surface area contributed by atoms with Crippen molar-refractivity contribution in [3.05, 3.63) is 0 Å². The lowest BCUT2D eigenvalue weighted by Crippen LogP contribution is -2.08. The number of carbonyl (C=O) groups excluding carboxylic acids is 1. The van der Waals surface area contributed by atoms with Gasteiger partial charge in [0.05, 0.1) is 0 Å². The van der Waals surface area contributed by atoms with E-state index >= 15 is 0 Å². The van der Waals surface area contributed by atoms with Crippen LogP contribution in [0.5, 0.6) is 0 Å². The van der Waals surface area contributed by atoms with Crippen molar-refractivity contribution < 1.29 is 4.79 Å². The van der Waals surface area contributed by atoms with Gasteiger partial charge in [-0.1, -0.05) is 32.6 Å². The number of nitrogens with two attached hydrogens (primary N) is 1. The molecule has 1 fully saturated rings. The molecule has 0 heterocycles. The SMILES string of the molecule is CCC1CCC1.NC=O. The first-order valence-electron chi connectivity index (χ1n) is 3.50. The zero-order chi connectivity index (χ0) is 7.11. The van der Waals surface area contributed by atoms with Gasteiger partial charge in [-0.05, 0) is 5.92 Å². The minimum atomic E-state index is 0.250. The molecule has 9 heavy (non-hydrogen) atoms. The Labute approximate surface area is 56.4 Å². The number of hydrogen-bond donors (Lipinski definition) is 1. The van der Waals surface area contributed by atoms with Crippen LogP contribution in [-0.4, -0.2) is 6.41 Å². The van der Waals surface area contributed by atoms with Crippen LogP contribution in [0.4, 0.5) is 0 Å². The van der Waals surface area contributed by atoms with Gasteiger partial charge in [0.15, 0.2) is 0 Å². The van der Waals surface area contributed by atoms with E-state index in [2.05, 4.69) is 12.7 Å². The van der Waals surface area contributed by atoms with Crippen LogP contribution in [0.1, 0.15) is 32.6 Å². The maximum atomic E-state index is 8.58. The Hall–Kier alpha value is -0.530. The van der Waals surface area contributed by atoms with Crippen molar-refractivity contribution in [2.45, 2.75) is 32.6 Å². The monoisotopic (exact) mass is 129 g/mol. The second-order valence-electron chi connectivity index (χ2n) is 2.34. The summed E-state index contributed by atoms with van der Waals surface area (Å²) in [6.45, 7) is 2.28. The van der Waals surface area contributed by atoms with Crippen LogP contribution in [-0.2, 0) is 4.79 Å². The van der Waals surface area contributed by atoms with Gasteiger partial charge in [0, 0.05) is 0 Å². The second-order valence-corrected chi connectivity index (χ2v) is 2.34. The third-order valence-corrected chi connectivity index (χ3v) is 1.80. The van der Waals surface area contributed by atoms with E-state index in [0.29, 0.717) is 0 Å². The van der Waals surface area contributed by atoms with Crippen LogP contribution >= 0.6 is 0 Å². The Balaban J connectivity index is 0.000000187. The van der Waals surface area contributed by atoms with Gasteiger partial charge in [-0.2, -0.15) is 0 Å². The van der Waals surface area contributed by atoms with Crippen LogP contribution < -0.4 is 5.73 Å². The Morgan fingerprint density at radius 1 is 1.67 bits per heavy atom. The normalized spacial score (nSPS) is 17.0. The lowest BCUT2D eigenvalue weighted by atomic mass is 9.84. The van der Waals surface area contributed by atoms with Crippen molar-refractivity contribution in [1.29, 1.82) is 0 Å². The minimum absolute atomic E-state index is 0.250. The third kappa shape index (κ3) is 4.01. The number of carbonyl (C=O) groups is 1. The molecule has 1 amide bonds. The van der Waals surface area contributed by atoms with Crippen molar-refractivity contribution >= 4 is 6.41 Å². The molecule has 2 nitrogen and oxygen atoms in total. The zero-order valence-corrected chi connectivity index (χ0v) is 5.97. The average Bonchev–Trinajstić information content (AvgIpc) is 1.64. The van der Waals surface area contributed by atoms with E-state index in [0.717, 1.165) is 5.92 Å². The van der Waals surface area contributed by atoms with Gasteiger partial charge >= 0.3 is 0 Å². The molecule has 0 aliphatic heterocycles. The van der Waals surface area contributed by atoms with Crippen molar-refractivity contribution in [3.63, 3.8) is 0 Å². The third-order valence-electron chi connectivity index (χ3n) is 1.80. The first kappa shape index (κ1) is 8.47. The van der Waals surface area contributed by atoms with Gasteiger partial charge in [0.2, 0.25) is 6.41 Å². The van der Waals surface area contributed by atoms with Crippen molar-refractivity contribution in [2.75, 3.05) is 0 Å². The van der Waals surface area contributed by atoms with Gasteiger partial charge in [-0.25, -0.2) is 0 Å². The summed E-state index contributed by atoms with van der Waals surface area (Å²) in [7, 11) is 0. The Morgan fingerprint density at radius 3 is 2.11 bits per heavy atom. The van der Waals surface area contributed by atoms with Crippen LogP contribution in [0.15, 0.2) is 0 Å². The van der Waals surface area contributed by atoms with Gasteiger partial charge in [0.25, 0.3) is 0 Å². The molecule has 1 saturated carbocycles. The molecular formula is C7H15NO. The predicted molar refractivity (Wildman–Crippen MR) is 37.9 cm³/mol. The highest BCUT2D eigenvalue weighted by atomic mass is 16.1. The lowest BCUT2D eigenvalue weighted by Gasteiger charge is -2.22. The molecule has 0 atom stereocenters. The van der Waals surface area contributed by atoms with Crippen LogP contribution in [0, 0.1) is 5.92 Å². The molecule has 1 aliphatic rings. The molecule has 0 radical (unpaired) electrons. The molecule has 2 N–H and O–H groups in total. The molecule has 0 saturated heterocycles. The van der Waals surface area contributed by atoms with Gasteiger partial charge in [0.1, 0.15) is 0 Å². The first-order chi connectivity index (χ1) is 4.35. The zero-order valence-electron chi connectivity index (χ0n) is 5.97. The van der Waals surface area contributed by atoms with E-state index < -0.39 is 0 Å². The highest BCUT2D eigenvalue weighted by Gasteiger charge is 2.13. The van der Waals surface area contributed by atoms with Gasteiger partial charge in [-0.3, -0.25) is 4.79 Å². The van der Waals surface area contributed by atoms with Crippen molar-refractivity contribution in [2.24, 2.45) is 11.7 Å². The summed E-state index contributed by atoms with van der Waals surface area (Å²) in [4.78, 5) is 8.58. The van der Waals surface area contributed by atoms with Gasteiger partial charge in [-0.15, -0.1) is 0 Å². The van der Waals surface area contributed by atoms with E-state index in [4.69, 9.17) is 4.79 Å². The summed E-state index contributed by atoms with van der Waals surface area (Å²) in [5.74, 6) is 1.12. The second kappa shape index (κ2) is 5.60.